The molecule has 2 heterocycles. The Morgan fingerprint density at radius 2 is 1.31 bits per heavy atom. The van der Waals surface area contributed by atoms with Crippen LogP contribution in [0.1, 0.15) is 19.3 Å². The highest BCUT2D eigenvalue weighted by Gasteiger charge is 2.14. The topological polar surface area (TPSA) is 52.6 Å². The molecular formula is C10H6O4S2. The van der Waals surface area contributed by atoms with Crippen molar-refractivity contribution in [3.05, 3.63) is 44.8 Å². The van der Waals surface area contributed by atoms with Gasteiger partial charge in [-0.2, -0.15) is 0 Å². The lowest BCUT2D eigenvalue weighted by Crippen LogP contribution is -2.09. The number of rotatable bonds is 2. The summed E-state index contributed by atoms with van der Waals surface area (Å²) in [5.41, 5.74) is 0. The van der Waals surface area contributed by atoms with Crippen LogP contribution in [-0.4, -0.2) is 11.9 Å². The van der Waals surface area contributed by atoms with Crippen molar-refractivity contribution >= 4 is 34.6 Å². The van der Waals surface area contributed by atoms with E-state index in [-0.39, 0.29) is 0 Å². The quantitative estimate of drug-likeness (QED) is 0.610. The molecule has 0 aliphatic heterocycles. The van der Waals surface area contributed by atoms with Gasteiger partial charge in [-0.1, -0.05) is 12.1 Å². The molecule has 0 aliphatic carbocycles. The maximum Gasteiger partial charge on any atom is 0.396 e. The van der Waals surface area contributed by atoms with Crippen LogP contribution >= 0.6 is 22.7 Å². The minimum Gasteiger partial charge on any atom is -0.241 e. The maximum atomic E-state index is 11.3. The van der Waals surface area contributed by atoms with Gasteiger partial charge >= 0.3 is 11.9 Å². The molecule has 2 aromatic rings. The van der Waals surface area contributed by atoms with Crippen molar-refractivity contribution in [2.45, 2.75) is 0 Å². The molecule has 6 heteroatoms. The molecule has 0 bridgehead atoms. The molecule has 0 aliphatic rings. The Balaban J connectivity index is 1.89. The number of carbonyl (C=O) groups excluding carboxylic acids is 2. The van der Waals surface area contributed by atoms with Crippen LogP contribution in [-0.2, 0) is 9.78 Å². The summed E-state index contributed by atoms with van der Waals surface area (Å²) in [5.74, 6) is -1.33. The fraction of sp³-hybridized carbons (Fsp3) is 0. The first-order valence-electron chi connectivity index (χ1n) is 4.27. The van der Waals surface area contributed by atoms with E-state index < -0.39 is 11.9 Å². The molecule has 0 fully saturated rings. The normalized spacial score (nSPS) is 9.75. The lowest BCUT2D eigenvalue weighted by Gasteiger charge is -1.99. The minimum absolute atomic E-state index is 0.388. The molecule has 0 atom stereocenters. The zero-order chi connectivity index (χ0) is 11.4. The standard InChI is InChI=1S/C10H6O4S2/c11-9(7-3-1-5-15-7)13-14-10(12)8-4-2-6-16-8/h1-6H. The van der Waals surface area contributed by atoms with Crippen molar-refractivity contribution in [3.8, 4) is 0 Å². The first-order valence-corrected chi connectivity index (χ1v) is 6.03. The Bertz CT molecular complexity index is 427. The van der Waals surface area contributed by atoms with E-state index in [0.29, 0.717) is 9.75 Å². The van der Waals surface area contributed by atoms with E-state index in [1.807, 2.05) is 0 Å². The molecule has 2 aromatic heterocycles. The van der Waals surface area contributed by atoms with E-state index in [2.05, 4.69) is 9.78 Å². The van der Waals surface area contributed by atoms with E-state index in [1.54, 1.807) is 35.0 Å². The van der Waals surface area contributed by atoms with Gasteiger partial charge in [0.2, 0.25) is 0 Å². The Morgan fingerprint density at radius 1 is 0.875 bits per heavy atom. The summed E-state index contributed by atoms with van der Waals surface area (Å²) in [6.45, 7) is 0. The smallest absolute Gasteiger partial charge is 0.241 e. The van der Waals surface area contributed by atoms with E-state index in [9.17, 15) is 9.59 Å². The van der Waals surface area contributed by atoms with Crippen molar-refractivity contribution in [3.63, 3.8) is 0 Å². The lowest BCUT2D eigenvalue weighted by atomic mass is 10.5. The highest BCUT2D eigenvalue weighted by Crippen LogP contribution is 2.13. The van der Waals surface area contributed by atoms with Gasteiger partial charge in [0.15, 0.2) is 0 Å². The minimum atomic E-state index is -0.667. The van der Waals surface area contributed by atoms with Crippen molar-refractivity contribution in [1.29, 1.82) is 0 Å². The summed E-state index contributed by atoms with van der Waals surface area (Å²) in [4.78, 5) is 32.2. The summed E-state index contributed by atoms with van der Waals surface area (Å²) in [6, 6.07) is 6.60. The van der Waals surface area contributed by atoms with Gasteiger partial charge < -0.3 is 0 Å². The third kappa shape index (κ3) is 2.47. The number of hydrogen-bond acceptors (Lipinski definition) is 6. The fourth-order valence-corrected chi connectivity index (χ4v) is 2.13. The molecular weight excluding hydrogens is 248 g/mol. The fourth-order valence-electron chi connectivity index (χ4n) is 0.947. The summed E-state index contributed by atoms with van der Waals surface area (Å²) in [7, 11) is 0. The first-order chi connectivity index (χ1) is 7.77. The van der Waals surface area contributed by atoms with Crippen molar-refractivity contribution in [2.24, 2.45) is 0 Å². The third-order valence-corrected chi connectivity index (χ3v) is 3.34. The van der Waals surface area contributed by atoms with Crippen molar-refractivity contribution in [1.82, 2.24) is 0 Å². The van der Waals surface area contributed by atoms with Crippen LogP contribution in [0.3, 0.4) is 0 Å². The predicted octanol–water partition coefficient (Wildman–Crippen LogP) is 2.74. The molecule has 82 valence electrons. The highest BCUT2D eigenvalue weighted by atomic mass is 32.1. The van der Waals surface area contributed by atoms with Gasteiger partial charge in [-0.25, -0.2) is 19.4 Å². The van der Waals surface area contributed by atoms with Crippen LogP contribution in [0.4, 0.5) is 0 Å². The lowest BCUT2D eigenvalue weighted by molar-refractivity contribution is -0.187. The molecule has 0 N–H and O–H groups in total. The summed E-state index contributed by atoms with van der Waals surface area (Å²) in [6.07, 6.45) is 0. The molecule has 0 amide bonds. The summed E-state index contributed by atoms with van der Waals surface area (Å²) < 4.78 is 0. The molecule has 0 saturated heterocycles. The van der Waals surface area contributed by atoms with Crippen LogP contribution in [0.2, 0.25) is 0 Å². The van der Waals surface area contributed by atoms with E-state index in [0.717, 1.165) is 0 Å². The predicted molar refractivity (Wildman–Crippen MR) is 59.5 cm³/mol. The average Bonchev–Trinajstić information content (AvgIpc) is 2.95. The van der Waals surface area contributed by atoms with Gasteiger partial charge in [0, 0.05) is 0 Å². The Hall–Kier alpha value is -1.66. The van der Waals surface area contributed by atoms with Crippen molar-refractivity contribution in [2.75, 3.05) is 0 Å². The number of hydrogen-bond donors (Lipinski definition) is 0. The molecule has 4 nitrogen and oxygen atoms in total. The summed E-state index contributed by atoms with van der Waals surface area (Å²) >= 11 is 2.43. The van der Waals surface area contributed by atoms with Gasteiger partial charge in [-0.3, -0.25) is 0 Å². The van der Waals surface area contributed by atoms with Crippen LogP contribution < -0.4 is 0 Å². The Kier molecular flexibility index (Phi) is 3.33. The Labute approximate surface area is 99.0 Å². The molecule has 16 heavy (non-hydrogen) atoms. The zero-order valence-electron chi connectivity index (χ0n) is 7.91. The van der Waals surface area contributed by atoms with E-state index >= 15 is 0 Å². The van der Waals surface area contributed by atoms with Crippen LogP contribution in [0.5, 0.6) is 0 Å². The van der Waals surface area contributed by atoms with Crippen molar-refractivity contribution < 1.29 is 19.4 Å². The summed E-state index contributed by atoms with van der Waals surface area (Å²) in [5, 5.41) is 3.47. The molecule has 2 rings (SSSR count). The zero-order valence-corrected chi connectivity index (χ0v) is 9.55. The molecule has 0 saturated carbocycles. The monoisotopic (exact) mass is 254 g/mol. The average molecular weight is 254 g/mol. The Morgan fingerprint density at radius 3 is 1.62 bits per heavy atom. The van der Waals surface area contributed by atoms with Gasteiger partial charge in [-0.15, -0.1) is 22.7 Å². The third-order valence-electron chi connectivity index (χ3n) is 1.64. The molecule has 0 spiro atoms. The largest absolute Gasteiger partial charge is 0.396 e. The number of thiophene rings is 2. The molecule has 0 aromatic carbocycles. The first kappa shape index (κ1) is 10.8. The molecule has 0 radical (unpaired) electrons. The SMILES string of the molecule is O=C(OOC(=O)c1cccs1)c1cccs1. The van der Waals surface area contributed by atoms with E-state index in [1.165, 1.54) is 22.7 Å². The highest BCUT2D eigenvalue weighted by molar-refractivity contribution is 7.12. The van der Waals surface area contributed by atoms with Gasteiger partial charge in [0.05, 0.1) is 0 Å². The maximum absolute atomic E-state index is 11.3. The second kappa shape index (κ2) is 4.91. The second-order valence-corrected chi connectivity index (χ2v) is 4.59. The second-order valence-electron chi connectivity index (χ2n) is 2.70. The van der Waals surface area contributed by atoms with Crippen LogP contribution in [0, 0.1) is 0 Å². The number of carbonyl (C=O) groups is 2. The van der Waals surface area contributed by atoms with Gasteiger partial charge in [-0.05, 0) is 22.9 Å². The van der Waals surface area contributed by atoms with Crippen LogP contribution in [0.15, 0.2) is 35.0 Å². The molecule has 0 unspecified atom stereocenters. The van der Waals surface area contributed by atoms with Gasteiger partial charge in [0.1, 0.15) is 9.75 Å². The van der Waals surface area contributed by atoms with E-state index in [4.69, 9.17) is 0 Å². The van der Waals surface area contributed by atoms with Gasteiger partial charge in [0.25, 0.3) is 0 Å². The van der Waals surface area contributed by atoms with Crippen LogP contribution in [0.25, 0.3) is 0 Å².